The highest BCUT2D eigenvalue weighted by Gasteiger charge is 2.34. The molecule has 0 saturated carbocycles. The van der Waals surface area contributed by atoms with Gasteiger partial charge in [0.15, 0.2) is 0 Å². The third-order valence-corrected chi connectivity index (χ3v) is 5.59. The Labute approximate surface area is 175 Å². The molecule has 3 rings (SSSR count). The van der Waals surface area contributed by atoms with E-state index in [1.807, 2.05) is 43.7 Å². The number of amides is 1. The quantitative estimate of drug-likeness (QED) is 0.663. The average Bonchev–Trinajstić information content (AvgIpc) is 3.30. The average molecular weight is 425 g/mol. The van der Waals surface area contributed by atoms with Gasteiger partial charge in [0.2, 0.25) is 5.91 Å². The number of carbonyl (C=O) groups is 2. The number of thioether (sulfide) groups is 1. The van der Waals surface area contributed by atoms with Gasteiger partial charge in [-0.2, -0.15) is 5.10 Å². The van der Waals surface area contributed by atoms with Crippen molar-refractivity contribution in [2.24, 2.45) is 13.0 Å². The van der Waals surface area contributed by atoms with Gasteiger partial charge in [-0.1, -0.05) is 12.1 Å². The molecule has 2 heterocycles. The lowest BCUT2D eigenvalue weighted by atomic mass is 9.90. The molecule has 2 atom stereocenters. The molecule has 9 heteroatoms. The van der Waals surface area contributed by atoms with Crippen LogP contribution in [0.4, 0.5) is 5.69 Å². The summed E-state index contributed by atoms with van der Waals surface area (Å²) in [5.41, 5.74) is 2.90. The number of aryl methyl sites for hydroxylation is 1. The molecule has 0 spiro atoms. The molecule has 28 heavy (non-hydrogen) atoms. The van der Waals surface area contributed by atoms with Gasteiger partial charge >= 0.3 is 5.97 Å². The van der Waals surface area contributed by atoms with Crippen molar-refractivity contribution >= 4 is 41.7 Å². The molecule has 1 aromatic carbocycles. The van der Waals surface area contributed by atoms with Gasteiger partial charge in [0, 0.05) is 43.7 Å². The zero-order valence-corrected chi connectivity index (χ0v) is 17.5. The minimum Gasteiger partial charge on any atom is -0.468 e. The van der Waals surface area contributed by atoms with Crippen molar-refractivity contribution in [2.75, 3.05) is 31.3 Å². The van der Waals surface area contributed by atoms with E-state index in [9.17, 15) is 9.59 Å². The van der Waals surface area contributed by atoms with Gasteiger partial charge < -0.3 is 15.4 Å². The SMILES string of the molecule is COC(=O)CSCc1cccc(NC(=O)[C@H]2CNC[C@@H]2c2cnn(C)c2)c1.Cl. The third-order valence-electron chi connectivity index (χ3n) is 4.61. The van der Waals surface area contributed by atoms with Crippen LogP contribution in [-0.2, 0) is 27.1 Å². The number of benzene rings is 1. The van der Waals surface area contributed by atoms with Crippen molar-refractivity contribution in [3.63, 3.8) is 0 Å². The Hall–Kier alpha value is -2.03. The van der Waals surface area contributed by atoms with Crippen LogP contribution in [0.2, 0.25) is 0 Å². The molecule has 2 aromatic rings. The van der Waals surface area contributed by atoms with E-state index >= 15 is 0 Å². The van der Waals surface area contributed by atoms with Gasteiger partial charge in [0.1, 0.15) is 0 Å². The molecule has 0 unspecified atom stereocenters. The Morgan fingerprint density at radius 3 is 2.93 bits per heavy atom. The first-order chi connectivity index (χ1) is 13.1. The van der Waals surface area contributed by atoms with Gasteiger partial charge in [-0.3, -0.25) is 14.3 Å². The monoisotopic (exact) mass is 424 g/mol. The summed E-state index contributed by atoms with van der Waals surface area (Å²) in [7, 11) is 3.26. The molecule has 0 bridgehead atoms. The van der Waals surface area contributed by atoms with Crippen molar-refractivity contribution in [3.8, 4) is 0 Å². The number of ether oxygens (including phenoxy) is 1. The number of carbonyl (C=O) groups excluding carboxylic acids is 2. The summed E-state index contributed by atoms with van der Waals surface area (Å²) in [6.45, 7) is 1.42. The van der Waals surface area contributed by atoms with E-state index < -0.39 is 0 Å². The van der Waals surface area contributed by atoms with Gasteiger partial charge in [-0.15, -0.1) is 24.2 Å². The molecule has 7 nitrogen and oxygen atoms in total. The maximum Gasteiger partial charge on any atom is 0.315 e. The van der Waals surface area contributed by atoms with Gasteiger partial charge in [-0.05, 0) is 23.3 Å². The van der Waals surface area contributed by atoms with E-state index in [-0.39, 0.29) is 36.1 Å². The molecular formula is C19H25ClN4O3S. The van der Waals surface area contributed by atoms with Crippen LogP contribution in [0.15, 0.2) is 36.7 Å². The Kier molecular flexibility index (Phi) is 8.35. The van der Waals surface area contributed by atoms with Crippen LogP contribution in [-0.4, -0.2) is 47.6 Å². The molecule has 0 radical (unpaired) electrons. The number of hydrogen-bond donors (Lipinski definition) is 2. The van der Waals surface area contributed by atoms with Crippen molar-refractivity contribution in [3.05, 3.63) is 47.8 Å². The Morgan fingerprint density at radius 1 is 1.39 bits per heavy atom. The topological polar surface area (TPSA) is 85.2 Å². The summed E-state index contributed by atoms with van der Waals surface area (Å²) in [4.78, 5) is 24.0. The van der Waals surface area contributed by atoms with Crippen LogP contribution in [0.25, 0.3) is 0 Å². The molecule has 152 valence electrons. The first-order valence-corrected chi connectivity index (χ1v) is 9.96. The molecule has 1 aliphatic heterocycles. The number of esters is 1. The number of rotatable bonds is 7. The number of anilines is 1. The minimum atomic E-state index is -0.236. The summed E-state index contributed by atoms with van der Waals surface area (Å²) in [6.07, 6.45) is 3.80. The highest BCUT2D eigenvalue weighted by Crippen LogP contribution is 2.29. The summed E-state index contributed by atoms with van der Waals surface area (Å²) < 4.78 is 6.40. The maximum atomic E-state index is 12.8. The zero-order valence-electron chi connectivity index (χ0n) is 15.9. The first-order valence-electron chi connectivity index (χ1n) is 8.80. The largest absolute Gasteiger partial charge is 0.468 e. The highest BCUT2D eigenvalue weighted by molar-refractivity contribution is 7.99. The number of aromatic nitrogens is 2. The standard InChI is InChI=1S/C19H24N4O3S.ClH/c1-23-10-14(7-21-23)16-8-20-9-17(16)19(25)22-15-5-3-4-13(6-15)11-27-12-18(24)26-2;/h3-7,10,16-17,20H,8-9,11-12H2,1-2H3,(H,22,25);1H/t16-,17+;/m1./s1. The fourth-order valence-electron chi connectivity index (χ4n) is 3.22. The Balaban J connectivity index is 0.00000280. The van der Waals surface area contributed by atoms with Gasteiger partial charge in [0.05, 0.1) is 25.0 Å². The third kappa shape index (κ3) is 5.73. The van der Waals surface area contributed by atoms with Crippen LogP contribution in [0, 0.1) is 5.92 Å². The maximum absolute atomic E-state index is 12.8. The Bertz CT molecular complexity index is 814. The van der Waals surface area contributed by atoms with E-state index in [0.717, 1.165) is 23.4 Å². The molecular weight excluding hydrogens is 400 g/mol. The molecule has 1 aliphatic rings. The fourth-order valence-corrected chi connectivity index (χ4v) is 4.02. The van der Waals surface area contributed by atoms with Gasteiger partial charge in [0.25, 0.3) is 0 Å². The number of halogens is 1. The van der Waals surface area contributed by atoms with E-state index in [4.69, 9.17) is 0 Å². The van der Waals surface area contributed by atoms with Crippen molar-refractivity contribution in [1.82, 2.24) is 15.1 Å². The molecule has 1 fully saturated rings. The summed E-state index contributed by atoms with van der Waals surface area (Å²) >= 11 is 1.49. The Morgan fingerprint density at radius 2 is 2.21 bits per heavy atom. The van der Waals surface area contributed by atoms with Crippen molar-refractivity contribution < 1.29 is 14.3 Å². The van der Waals surface area contributed by atoms with Crippen LogP contribution < -0.4 is 10.6 Å². The second-order valence-electron chi connectivity index (χ2n) is 6.58. The second-order valence-corrected chi connectivity index (χ2v) is 7.56. The fraction of sp³-hybridized carbons (Fsp3) is 0.421. The summed E-state index contributed by atoms with van der Waals surface area (Å²) in [5, 5.41) is 10.6. The highest BCUT2D eigenvalue weighted by atomic mass is 35.5. The van der Waals surface area contributed by atoms with Crippen LogP contribution >= 0.6 is 24.2 Å². The van der Waals surface area contributed by atoms with E-state index in [1.54, 1.807) is 4.68 Å². The minimum absolute atomic E-state index is 0. The molecule has 2 N–H and O–H groups in total. The second kappa shape index (κ2) is 10.5. The van der Waals surface area contributed by atoms with Crippen LogP contribution in [0.5, 0.6) is 0 Å². The molecule has 1 saturated heterocycles. The van der Waals surface area contributed by atoms with Crippen molar-refractivity contribution in [1.29, 1.82) is 0 Å². The zero-order chi connectivity index (χ0) is 19.2. The van der Waals surface area contributed by atoms with E-state index in [0.29, 0.717) is 18.1 Å². The number of nitrogens with one attached hydrogen (secondary N) is 2. The summed E-state index contributed by atoms with van der Waals surface area (Å²) in [5.74, 6) is 0.757. The van der Waals surface area contributed by atoms with Crippen LogP contribution in [0.1, 0.15) is 17.0 Å². The first kappa shape index (κ1) is 22.3. The lowest BCUT2D eigenvalue weighted by Gasteiger charge is -2.17. The molecule has 0 aliphatic carbocycles. The molecule has 1 aromatic heterocycles. The smallest absolute Gasteiger partial charge is 0.315 e. The van der Waals surface area contributed by atoms with Crippen molar-refractivity contribution in [2.45, 2.75) is 11.7 Å². The predicted molar refractivity (Wildman–Crippen MR) is 113 cm³/mol. The number of methoxy groups -OCH3 is 1. The predicted octanol–water partition coefficient (Wildman–Crippen LogP) is 2.19. The number of hydrogen-bond acceptors (Lipinski definition) is 6. The normalized spacial score (nSPS) is 18.4. The van der Waals surface area contributed by atoms with Gasteiger partial charge in [-0.25, -0.2) is 0 Å². The summed E-state index contributed by atoms with van der Waals surface area (Å²) in [6, 6.07) is 7.72. The lowest BCUT2D eigenvalue weighted by molar-refractivity contribution is -0.137. The lowest BCUT2D eigenvalue weighted by Crippen LogP contribution is -2.28. The van der Waals surface area contributed by atoms with E-state index in [2.05, 4.69) is 20.5 Å². The molecule has 1 amide bonds. The van der Waals surface area contributed by atoms with Crippen LogP contribution in [0.3, 0.4) is 0 Å². The number of nitrogens with zero attached hydrogens (tertiary/aromatic N) is 2. The van der Waals surface area contributed by atoms with E-state index in [1.165, 1.54) is 18.9 Å².